The molecule has 1 aromatic heterocycles. The molecule has 3 aromatic rings. The summed E-state index contributed by atoms with van der Waals surface area (Å²) < 4.78 is 12.5. The van der Waals surface area contributed by atoms with E-state index in [9.17, 15) is 0 Å². The fraction of sp³-hybridized carbons (Fsp3) is 0.286. The summed E-state index contributed by atoms with van der Waals surface area (Å²) in [4.78, 5) is 0. The maximum Gasteiger partial charge on any atom is 0.118 e. The fourth-order valence-electron chi connectivity index (χ4n) is 2.86. The number of nitrogens with zero attached hydrogens (tertiary/aromatic N) is 2. The molecule has 0 aliphatic heterocycles. The monoisotopic (exact) mass is 336 g/mol. The second kappa shape index (κ2) is 7.88. The van der Waals surface area contributed by atoms with E-state index < -0.39 is 0 Å². The van der Waals surface area contributed by atoms with Gasteiger partial charge in [0, 0.05) is 25.6 Å². The lowest BCUT2D eigenvalue weighted by Gasteiger charge is -2.06. The number of hydrogen-bond acceptors (Lipinski definition) is 3. The highest BCUT2D eigenvalue weighted by atomic mass is 16.5. The van der Waals surface area contributed by atoms with Gasteiger partial charge in [0.1, 0.15) is 11.5 Å². The van der Waals surface area contributed by atoms with Crippen LogP contribution in [0, 0.1) is 0 Å². The van der Waals surface area contributed by atoms with E-state index in [2.05, 4.69) is 37.4 Å². The van der Waals surface area contributed by atoms with Gasteiger partial charge in [0.05, 0.1) is 19.9 Å². The van der Waals surface area contributed by atoms with Gasteiger partial charge in [-0.05, 0) is 47.9 Å². The normalized spacial score (nSPS) is 10.7. The van der Waals surface area contributed by atoms with Gasteiger partial charge in [0.25, 0.3) is 0 Å². The molecule has 0 fully saturated rings. The highest BCUT2D eigenvalue weighted by Gasteiger charge is 2.10. The fourth-order valence-corrected chi connectivity index (χ4v) is 2.86. The third-order valence-corrected chi connectivity index (χ3v) is 4.33. The number of methoxy groups -OCH3 is 2. The number of aryl methyl sites for hydroxylation is 1. The Labute approximate surface area is 149 Å². The Morgan fingerprint density at radius 3 is 1.80 bits per heavy atom. The summed E-state index contributed by atoms with van der Waals surface area (Å²) in [6, 6.07) is 16.4. The van der Waals surface area contributed by atoms with Crippen molar-refractivity contribution in [2.75, 3.05) is 14.2 Å². The molecule has 4 nitrogen and oxygen atoms in total. The third-order valence-electron chi connectivity index (χ3n) is 4.33. The molecule has 0 atom stereocenters. The quantitative estimate of drug-likeness (QED) is 0.652. The van der Waals surface area contributed by atoms with Gasteiger partial charge in [-0.2, -0.15) is 5.10 Å². The van der Waals surface area contributed by atoms with E-state index in [1.54, 1.807) is 14.2 Å². The Morgan fingerprint density at radius 1 is 0.800 bits per heavy atom. The Kier molecular flexibility index (Phi) is 5.39. The average molecular weight is 336 g/mol. The lowest BCUT2D eigenvalue weighted by atomic mass is 10.0. The summed E-state index contributed by atoms with van der Waals surface area (Å²) in [5.41, 5.74) is 4.89. The van der Waals surface area contributed by atoms with Crippen LogP contribution in [0.2, 0.25) is 0 Å². The Hall–Kier alpha value is -2.75. The van der Waals surface area contributed by atoms with Gasteiger partial charge in [-0.25, -0.2) is 0 Å². The van der Waals surface area contributed by atoms with E-state index in [4.69, 9.17) is 14.6 Å². The van der Waals surface area contributed by atoms with E-state index >= 15 is 0 Å². The minimum atomic E-state index is 0.822. The number of benzene rings is 2. The van der Waals surface area contributed by atoms with Crippen molar-refractivity contribution in [2.24, 2.45) is 0 Å². The van der Waals surface area contributed by atoms with Gasteiger partial charge in [-0.3, -0.25) is 4.68 Å². The SMILES string of the molecule is CCn1cc(Cc2ccc(OC)cc2)c(Cc2ccc(OC)cc2)n1. The van der Waals surface area contributed by atoms with Gasteiger partial charge in [0.2, 0.25) is 0 Å². The predicted octanol–water partition coefficient (Wildman–Crippen LogP) is 4.10. The van der Waals surface area contributed by atoms with Crippen molar-refractivity contribution >= 4 is 0 Å². The number of aromatic nitrogens is 2. The van der Waals surface area contributed by atoms with Crippen LogP contribution in [0.25, 0.3) is 0 Å². The zero-order valence-electron chi connectivity index (χ0n) is 15.0. The van der Waals surface area contributed by atoms with E-state index in [1.807, 2.05) is 28.9 Å². The first kappa shape index (κ1) is 17.1. The van der Waals surface area contributed by atoms with Crippen LogP contribution in [0.4, 0.5) is 0 Å². The first-order chi connectivity index (χ1) is 12.2. The standard InChI is InChI=1S/C21H24N2O2/c1-4-23-15-18(13-16-5-9-19(24-2)10-6-16)21(22-23)14-17-7-11-20(25-3)12-8-17/h5-12,15H,4,13-14H2,1-3H3. The summed E-state index contributed by atoms with van der Waals surface area (Å²) in [6.45, 7) is 2.99. The molecule has 0 amide bonds. The second-order valence-corrected chi connectivity index (χ2v) is 6.01. The van der Waals surface area contributed by atoms with Crippen molar-refractivity contribution in [1.29, 1.82) is 0 Å². The molecule has 2 aromatic carbocycles. The second-order valence-electron chi connectivity index (χ2n) is 6.01. The van der Waals surface area contributed by atoms with Crippen molar-refractivity contribution in [1.82, 2.24) is 9.78 Å². The molecule has 0 N–H and O–H groups in total. The lowest BCUT2D eigenvalue weighted by molar-refractivity contribution is 0.414. The van der Waals surface area contributed by atoms with Gasteiger partial charge < -0.3 is 9.47 Å². The molecule has 130 valence electrons. The molecule has 0 unspecified atom stereocenters. The lowest BCUT2D eigenvalue weighted by Crippen LogP contribution is -1.98. The van der Waals surface area contributed by atoms with Crippen molar-refractivity contribution in [2.45, 2.75) is 26.3 Å². The van der Waals surface area contributed by atoms with E-state index in [1.165, 1.54) is 16.7 Å². The van der Waals surface area contributed by atoms with Gasteiger partial charge in [-0.15, -0.1) is 0 Å². The van der Waals surface area contributed by atoms with Crippen LogP contribution in [-0.2, 0) is 19.4 Å². The maximum atomic E-state index is 5.24. The molecule has 0 saturated heterocycles. The van der Waals surface area contributed by atoms with Crippen LogP contribution < -0.4 is 9.47 Å². The van der Waals surface area contributed by atoms with Crippen LogP contribution in [0.5, 0.6) is 11.5 Å². The molecule has 25 heavy (non-hydrogen) atoms. The van der Waals surface area contributed by atoms with Gasteiger partial charge in [0.15, 0.2) is 0 Å². The number of ether oxygens (including phenoxy) is 2. The van der Waals surface area contributed by atoms with Gasteiger partial charge >= 0.3 is 0 Å². The first-order valence-corrected chi connectivity index (χ1v) is 8.53. The van der Waals surface area contributed by atoms with E-state index in [0.717, 1.165) is 36.6 Å². The molecule has 0 spiro atoms. The molecular formula is C21H24N2O2. The smallest absolute Gasteiger partial charge is 0.118 e. The molecular weight excluding hydrogens is 312 g/mol. The molecule has 0 radical (unpaired) electrons. The highest BCUT2D eigenvalue weighted by Crippen LogP contribution is 2.20. The third kappa shape index (κ3) is 4.21. The van der Waals surface area contributed by atoms with Crippen LogP contribution in [0.3, 0.4) is 0 Å². The predicted molar refractivity (Wildman–Crippen MR) is 99.5 cm³/mol. The Bertz CT molecular complexity index is 738. The van der Waals surface area contributed by atoms with Crippen LogP contribution >= 0.6 is 0 Å². The summed E-state index contributed by atoms with van der Waals surface area (Å²) in [5, 5.41) is 4.76. The molecule has 4 heteroatoms. The van der Waals surface area contributed by atoms with Crippen molar-refractivity contribution in [3.63, 3.8) is 0 Å². The summed E-state index contributed by atoms with van der Waals surface area (Å²) in [5.74, 6) is 1.76. The number of rotatable bonds is 7. The minimum absolute atomic E-state index is 0.822. The summed E-state index contributed by atoms with van der Waals surface area (Å²) >= 11 is 0. The largest absolute Gasteiger partial charge is 0.497 e. The summed E-state index contributed by atoms with van der Waals surface area (Å²) in [7, 11) is 3.37. The first-order valence-electron chi connectivity index (χ1n) is 8.53. The molecule has 0 aliphatic carbocycles. The Morgan fingerprint density at radius 2 is 1.32 bits per heavy atom. The van der Waals surface area contributed by atoms with Crippen molar-refractivity contribution < 1.29 is 9.47 Å². The van der Waals surface area contributed by atoms with Crippen LogP contribution in [0.15, 0.2) is 54.7 Å². The van der Waals surface area contributed by atoms with E-state index in [0.29, 0.717) is 0 Å². The van der Waals surface area contributed by atoms with Gasteiger partial charge in [-0.1, -0.05) is 24.3 Å². The van der Waals surface area contributed by atoms with Crippen molar-refractivity contribution in [3.05, 3.63) is 77.1 Å². The molecule has 3 rings (SSSR count). The molecule has 0 aliphatic rings. The minimum Gasteiger partial charge on any atom is -0.497 e. The van der Waals surface area contributed by atoms with Crippen molar-refractivity contribution in [3.8, 4) is 11.5 Å². The maximum absolute atomic E-state index is 5.24. The molecule has 0 saturated carbocycles. The topological polar surface area (TPSA) is 36.3 Å². The zero-order chi connectivity index (χ0) is 17.6. The Balaban J connectivity index is 1.81. The van der Waals surface area contributed by atoms with Crippen LogP contribution in [0.1, 0.15) is 29.3 Å². The average Bonchev–Trinajstić information content (AvgIpc) is 3.04. The zero-order valence-corrected chi connectivity index (χ0v) is 15.0. The highest BCUT2D eigenvalue weighted by molar-refractivity contribution is 5.35. The van der Waals surface area contributed by atoms with E-state index in [-0.39, 0.29) is 0 Å². The van der Waals surface area contributed by atoms with Crippen LogP contribution in [-0.4, -0.2) is 24.0 Å². The molecule has 1 heterocycles. The molecule has 0 bridgehead atoms. The summed E-state index contributed by atoms with van der Waals surface area (Å²) in [6.07, 6.45) is 3.85. The number of hydrogen-bond donors (Lipinski definition) is 0.